The van der Waals surface area contributed by atoms with E-state index in [0.717, 1.165) is 12.8 Å². The normalized spacial score (nSPS) is 36.5. The molecule has 1 nitrogen and oxygen atoms in total. The van der Waals surface area contributed by atoms with Gasteiger partial charge >= 0.3 is 0 Å². The van der Waals surface area contributed by atoms with Crippen LogP contribution in [0.2, 0.25) is 0 Å². The van der Waals surface area contributed by atoms with Crippen LogP contribution in [0, 0.1) is 5.92 Å². The zero-order chi connectivity index (χ0) is 11.7. The second-order valence-electron chi connectivity index (χ2n) is 5.49. The van der Waals surface area contributed by atoms with Gasteiger partial charge in [-0.25, -0.2) is 0 Å². The number of benzene rings is 1. The minimum Gasteiger partial charge on any atom is -0.389 e. The molecule has 1 heteroatoms. The van der Waals surface area contributed by atoms with Gasteiger partial charge in [-0.3, -0.25) is 0 Å². The summed E-state index contributed by atoms with van der Waals surface area (Å²) in [7, 11) is 0. The van der Waals surface area contributed by atoms with Crippen molar-refractivity contribution in [3.05, 3.63) is 48.0 Å². The van der Waals surface area contributed by atoms with Gasteiger partial charge in [0.1, 0.15) is 0 Å². The highest BCUT2D eigenvalue weighted by Crippen LogP contribution is 2.48. The van der Waals surface area contributed by atoms with Gasteiger partial charge in [0.15, 0.2) is 0 Å². The predicted molar refractivity (Wildman–Crippen MR) is 69.8 cm³/mol. The van der Waals surface area contributed by atoms with E-state index in [2.05, 4.69) is 36.4 Å². The summed E-state index contributed by atoms with van der Waals surface area (Å²) in [4.78, 5) is 0. The minimum atomic E-state index is -0.492. The molecule has 90 valence electrons. The zero-order valence-corrected chi connectivity index (χ0v) is 10.2. The third-order valence-electron chi connectivity index (χ3n) is 4.53. The third-order valence-corrected chi connectivity index (χ3v) is 4.53. The van der Waals surface area contributed by atoms with E-state index in [1.165, 1.54) is 24.8 Å². The average molecular weight is 228 g/mol. The Morgan fingerprint density at radius 2 is 1.94 bits per heavy atom. The van der Waals surface area contributed by atoms with Gasteiger partial charge in [-0.15, -0.1) is 0 Å². The summed E-state index contributed by atoms with van der Waals surface area (Å²) in [6.07, 6.45) is 10.1. The second-order valence-corrected chi connectivity index (χ2v) is 5.49. The first kappa shape index (κ1) is 11.0. The lowest BCUT2D eigenvalue weighted by atomic mass is 9.63. The molecule has 3 rings (SSSR count). The van der Waals surface area contributed by atoms with Crippen LogP contribution in [-0.2, 0) is 0 Å². The Morgan fingerprint density at radius 3 is 2.76 bits per heavy atom. The molecule has 0 aliphatic heterocycles. The lowest BCUT2D eigenvalue weighted by Crippen LogP contribution is -2.46. The lowest BCUT2D eigenvalue weighted by Gasteiger charge is -2.46. The van der Waals surface area contributed by atoms with Crippen LogP contribution in [0.1, 0.15) is 43.6 Å². The van der Waals surface area contributed by atoms with Crippen molar-refractivity contribution in [2.75, 3.05) is 0 Å². The fraction of sp³-hybridized carbons (Fsp3) is 0.500. The standard InChI is InChI=1S/C16H20O/c17-16-12-5-4-9-14(16)10-6-11-15(16)13-7-2-1-3-8-13/h1-3,6-8,11,14-15,17H,4-5,9-10,12H2/t14-,15-,16-/m0/s1. The third kappa shape index (κ3) is 1.83. The van der Waals surface area contributed by atoms with Crippen LogP contribution >= 0.6 is 0 Å². The Balaban J connectivity index is 1.98. The largest absolute Gasteiger partial charge is 0.389 e. The van der Waals surface area contributed by atoms with E-state index in [-0.39, 0.29) is 5.92 Å². The Bertz CT molecular complexity index is 409. The topological polar surface area (TPSA) is 20.2 Å². The van der Waals surface area contributed by atoms with E-state index in [4.69, 9.17) is 0 Å². The van der Waals surface area contributed by atoms with Crippen molar-refractivity contribution in [1.29, 1.82) is 0 Å². The summed E-state index contributed by atoms with van der Waals surface area (Å²) in [6.45, 7) is 0. The number of aliphatic hydroxyl groups is 1. The Labute approximate surface area is 103 Å². The van der Waals surface area contributed by atoms with Crippen molar-refractivity contribution in [3.63, 3.8) is 0 Å². The Hall–Kier alpha value is -1.08. The van der Waals surface area contributed by atoms with Gasteiger partial charge in [0.05, 0.1) is 5.60 Å². The highest BCUT2D eigenvalue weighted by Gasteiger charge is 2.45. The molecular weight excluding hydrogens is 208 g/mol. The fourth-order valence-electron chi connectivity index (χ4n) is 3.59. The van der Waals surface area contributed by atoms with E-state index in [0.29, 0.717) is 5.92 Å². The maximum Gasteiger partial charge on any atom is 0.0781 e. The summed E-state index contributed by atoms with van der Waals surface area (Å²) in [5.74, 6) is 0.661. The molecule has 2 aliphatic rings. The van der Waals surface area contributed by atoms with Gasteiger partial charge < -0.3 is 5.11 Å². The van der Waals surface area contributed by atoms with Crippen molar-refractivity contribution in [3.8, 4) is 0 Å². The van der Waals surface area contributed by atoms with Crippen LogP contribution in [0.15, 0.2) is 42.5 Å². The first-order valence-electron chi connectivity index (χ1n) is 6.75. The van der Waals surface area contributed by atoms with E-state index in [1.54, 1.807) is 0 Å². The molecule has 1 aromatic rings. The van der Waals surface area contributed by atoms with E-state index < -0.39 is 5.60 Å². The zero-order valence-electron chi connectivity index (χ0n) is 10.2. The molecule has 1 N–H and O–H groups in total. The van der Waals surface area contributed by atoms with Crippen molar-refractivity contribution >= 4 is 0 Å². The second kappa shape index (κ2) is 4.30. The first-order chi connectivity index (χ1) is 8.31. The average Bonchev–Trinajstić information content (AvgIpc) is 2.38. The van der Waals surface area contributed by atoms with Crippen LogP contribution in [0.3, 0.4) is 0 Å². The molecule has 0 aromatic heterocycles. The quantitative estimate of drug-likeness (QED) is 0.727. The van der Waals surface area contributed by atoms with Crippen LogP contribution in [0.25, 0.3) is 0 Å². The molecule has 1 fully saturated rings. The van der Waals surface area contributed by atoms with Crippen molar-refractivity contribution in [1.82, 2.24) is 0 Å². The number of allylic oxidation sites excluding steroid dienone is 1. The maximum atomic E-state index is 11.1. The Kier molecular flexibility index (Phi) is 2.79. The summed E-state index contributed by atoms with van der Waals surface area (Å²) < 4.78 is 0. The molecule has 0 heterocycles. The molecule has 0 saturated heterocycles. The number of fused-ring (bicyclic) bond motifs is 1. The van der Waals surface area contributed by atoms with Gasteiger partial charge in [0, 0.05) is 5.92 Å². The SMILES string of the molecule is O[C@@]12CCCC[C@H]1CC=C[C@H]2c1ccccc1. The molecule has 1 saturated carbocycles. The van der Waals surface area contributed by atoms with E-state index >= 15 is 0 Å². The first-order valence-corrected chi connectivity index (χ1v) is 6.75. The highest BCUT2D eigenvalue weighted by atomic mass is 16.3. The Morgan fingerprint density at radius 1 is 1.12 bits per heavy atom. The van der Waals surface area contributed by atoms with E-state index in [1.807, 2.05) is 6.07 Å². The summed E-state index contributed by atoms with van der Waals surface area (Å²) in [5, 5.41) is 11.1. The molecule has 0 bridgehead atoms. The van der Waals surface area contributed by atoms with Crippen molar-refractivity contribution in [2.24, 2.45) is 5.92 Å². The molecule has 17 heavy (non-hydrogen) atoms. The van der Waals surface area contributed by atoms with E-state index in [9.17, 15) is 5.11 Å². The number of hydrogen-bond donors (Lipinski definition) is 1. The van der Waals surface area contributed by atoms with Gasteiger partial charge in [0.2, 0.25) is 0 Å². The molecule has 2 aliphatic carbocycles. The number of rotatable bonds is 1. The summed E-state index contributed by atoms with van der Waals surface area (Å²) in [6, 6.07) is 10.5. The fourth-order valence-corrected chi connectivity index (χ4v) is 3.59. The van der Waals surface area contributed by atoms with Crippen LogP contribution in [0.4, 0.5) is 0 Å². The van der Waals surface area contributed by atoms with Crippen LogP contribution < -0.4 is 0 Å². The monoisotopic (exact) mass is 228 g/mol. The highest BCUT2D eigenvalue weighted by molar-refractivity contribution is 5.30. The summed E-state index contributed by atoms with van der Waals surface area (Å²) in [5.41, 5.74) is 0.770. The van der Waals surface area contributed by atoms with Crippen molar-refractivity contribution in [2.45, 2.75) is 43.6 Å². The maximum absolute atomic E-state index is 11.1. The molecule has 0 amide bonds. The molecule has 1 aromatic carbocycles. The van der Waals surface area contributed by atoms with Crippen LogP contribution in [-0.4, -0.2) is 10.7 Å². The van der Waals surface area contributed by atoms with Crippen molar-refractivity contribution < 1.29 is 5.11 Å². The predicted octanol–water partition coefficient (Wildman–Crippen LogP) is 3.65. The molecule has 3 atom stereocenters. The lowest BCUT2D eigenvalue weighted by molar-refractivity contribution is -0.0633. The molecule has 0 radical (unpaired) electrons. The molecule has 0 unspecified atom stereocenters. The minimum absolute atomic E-state index is 0.197. The van der Waals surface area contributed by atoms with Gasteiger partial charge in [0.25, 0.3) is 0 Å². The van der Waals surface area contributed by atoms with Gasteiger partial charge in [-0.2, -0.15) is 0 Å². The number of hydrogen-bond acceptors (Lipinski definition) is 1. The van der Waals surface area contributed by atoms with Gasteiger partial charge in [-0.05, 0) is 30.7 Å². The van der Waals surface area contributed by atoms with Crippen LogP contribution in [0.5, 0.6) is 0 Å². The molecular formula is C16H20O. The molecule has 0 spiro atoms. The summed E-state index contributed by atoms with van der Waals surface area (Å²) >= 11 is 0. The smallest absolute Gasteiger partial charge is 0.0781 e. The van der Waals surface area contributed by atoms with Gasteiger partial charge in [-0.1, -0.05) is 55.3 Å².